The molecular weight excluding hydrogens is 384 g/mol. The van der Waals surface area contributed by atoms with E-state index in [9.17, 15) is 18.0 Å². The Hall–Kier alpha value is -1.97. The average molecular weight is 410 g/mol. The molecule has 2 aliphatic heterocycles. The Labute approximate surface area is 165 Å². The number of hydrogen-bond donors (Lipinski definition) is 0. The average Bonchev–Trinajstić information content (AvgIpc) is 2.73. The fraction of sp³-hybridized carbons (Fsp3) is 0.579. The summed E-state index contributed by atoms with van der Waals surface area (Å²) >= 11 is 0. The number of benzene rings is 1. The van der Waals surface area contributed by atoms with E-state index in [0.717, 1.165) is 19.3 Å². The van der Waals surface area contributed by atoms with Crippen molar-refractivity contribution in [3.63, 3.8) is 0 Å². The molecule has 8 nitrogen and oxygen atoms in total. The van der Waals surface area contributed by atoms with Gasteiger partial charge in [0.2, 0.25) is 10.0 Å². The van der Waals surface area contributed by atoms with Gasteiger partial charge in [0.15, 0.2) is 6.61 Å². The second-order valence-electron chi connectivity index (χ2n) is 7.05. The maximum atomic E-state index is 12.7. The van der Waals surface area contributed by atoms with E-state index in [2.05, 4.69) is 0 Å². The molecule has 0 saturated carbocycles. The number of rotatable bonds is 5. The topological polar surface area (TPSA) is 93.2 Å². The summed E-state index contributed by atoms with van der Waals surface area (Å²) in [6, 6.07) is 5.86. The zero-order valence-corrected chi connectivity index (χ0v) is 16.8. The number of carbonyl (C=O) groups excluding carboxylic acids is 2. The first-order valence-electron chi connectivity index (χ1n) is 9.54. The summed E-state index contributed by atoms with van der Waals surface area (Å²) in [6.45, 7) is 3.56. The molecule has 2 fully saturated rings. The molecule has 2 aliphatic rings. The van der Waals surface area contributed by atoms with Crippen LogP contribution >= 0.6 is 0 Å². The van der Waals surface area contributed by atoms with E-state index in [4.69, 9.17) is 9.47 Å². The molecule has 28 heavy (non-hydrogen) atoms. The Morgan fingerprint density at radius 3 is 2.64 bits per heavy atom. The predicted molar refractivity (Wildman–Crippen MR) is 101 cm³/mol. The number of hydrogen-bond acceptors (Lipinski definition) is 6. The molecule has 0 aromatic heterocycles. The number of piperidine rings is 1. The van der Waals surface area contributed by atoms with Gasteiger partial charge in [0.1, 0.15) is 0 Å². The summed E-state index contributed by atoms with van der Waals surface area (Å²) in [7, 11) is -3.70. The van der Waals surface area contributed by atoms with Crippen molar-refractivity contribution in [1.29, 1.82) is 0 Å². The maximum absolute atomic E-state index is 12.7. The lowest BCUT2D eigenvalue weighted by molar-refractivity contribution is -0.137. The Bertz CT molecular complexity index is 819. The van der Waals surface area contributed by atoms with E-state index in [1.54, 1.807) is 4.90 Å². The summed E-state index contributed by atoms with van der Waals surface area (Å²) in [4.78, 5) is 26.4. The zero-order valence-electron chi connectivity index (χ0n) is 16.0. The van der Waals surface area contributed by atoms with Crippen molar-refractivity contribution >= 4 is 21.9 Å². The number of nitrogens with zero attached hydrogens (tertiary/aromatic N) is 2. The quantitative estimate of drug-likeness (QED) is 0.679. The van der Waals surface area contributed by atoms with Crippen LogP contribution in [0.1, 0.15) is 36.5 Å². The van der Waals surface area contributed by atoms with E-state index in [1.165, 1.54) is 28.6 Å². The largest absolute Gasteiger partial charge is 0.452 e. The lowest BCUT2D eigenvalue weighted by Crippen LogP contribution is -2.44. The van der Waals surface area contributed by atoms with Gasteiger partial charge in [-0.3, -0.25) is 4.79 Å². The number of amides is 1. The SMILES string of the molecule is CC1CCCCN1C(=O)COC(=O)c1cccc(S(=O)(=O)N2CCOCC2)c1. The molecule has 2 heterocycles. The van der Waals surface area contributed by atoms with Crippen LogP contribution in [0.2, 0.25) is 0 Å². The normalized spacial score (nSPS) is 21.3. The number of carbonyl (C=O) groups is 2. The smallest absolute Gasteiger partial charge is 0.338 e. The lowest BCUT2D eigenvalue weighted by atomic mass is 10.0. The van der Waals surface area contributed by atoms with Gasteiger partial charge in [-0.05, 0) is 44.4 Å². The molecule has 3 rings (SSSR count). The third-order valence-corrected chi connectivity index (χ3v) is 7.02. The first kappa shape index (κ1) is 20.8. The summed E-state index contributed by atoms with van der Waals surface area (Å²) in [5.74, 6) is -0.935. The molecule has 1 amide bonds. The Morgan fingerprint density at radius 1 is 1.18 bits per heavy atom. The minimum absolute atomic E-state index is 0.0276. The molecule has 0 radical (unpaired) electrons. The minimum Gasteiger partial charge on any atom is -0.452 e. The van der Waals surface area contributed by atoms with Crippen molar-refractivity contribution < 1.29 is 27.5 Å². The summed E-state index contributed by atoms with van der Waals surface area (Å²) in [5, 5.41) is 0. The van der Waals surface area contributed by atoms with Crippen LogP contribution in [-0.2, 0) is 24.3 Å². The molecule has 1 aromatic rings. The van der Waals surface area contributed by atoms with Crippen LogP contribution in [0.15, 0.2) is 29.2 Å². The molecule has 1 atom stereocenters. The Morgan fingerprint density at radius 2 is 1.93 bits per heavy atom. The summed E-state index contributed by atoms with van der Waals surface area (Å²) in [5.41, 5.74) is 0.105. The van der Waals surface area contributed by atoms with Gasteiger partial charge in [0.05, 0.1) is 23.7 Å². The van der Waals surface area contributed by atoms with Crippen molar-refractivity contribution in [2.45, 2.75) is 37.1 Å². The van der Waals surface area contributed by atoms with Gasteiger partial charge in [0.25, 0.3) is 5.91 Å². The zero-order chi connectivity index (χ0) is 20.1. The van der Waals surface area contributed by atoms with E-state index < -0.39 is 16.0 Å². The Kier molecular flexibility index (Phi) is 6.69. The monoisotopic (exact) mass is 410 g/mol. The van der Waals surface area contributed by atoms with Crippen molar-refractivity contribution in [2.24, 2.45) is 0 Å². The molecule has 0 bridgehead atoms. The highest BCUT2D eigenvalue weighted by Crippen LogP contribution is 2.19. The fourth-order valence-electron chi connectivity index (χ4n) is 3.48. The Balaban J connectivity index is 1.64. The van der Waals surface area contributed by atoms with E-state index >= 15 is 0 Å². The number of esters is 1. The van der Waals surface area contributed by atoms with Crippen LogP contribution in [0.3, 0.4) is 0 Å². The van der Waals surface area contributed by atoms with Gasteiger partial charge >= 0.3 is 5.97 Å². The molecule has 1 unspecified atom stereocenters. The second-order valence-corrected chi connectivity index (χ2v) is 8.99. The van der Waals surface area contributed by atoms with E-state index in [1.807, 2.05) is 6.92 Å². The van der Waals surface area contributed by atoms with Gasteiger partial charge in [-0.15, -0.1) is 0 Å². The molecule has 0 N–H and O–H groups in total. The third kappa shape index (κ3) is 4.71. The number of morpholine rings is 1. The van der Waals surface area contributed by atoms with Crippen molar-refractivity contribution in [1.82, 2.24) is 9.21 Å². The van der Waals surface area contributed by atoms with Gasteiger partial charge < -0.3 is 14.4 Å². The lowest BCUT2D eigenvalue weighted by Gasteiger charge is -2.33. The van der Waals surface area contributed by atoms with E-state index in [0.29, 0.717) is 19.8 Å². The first-order valence-corrected chi connectivity index (χ1v) is 11.0. The summed E-state index contributed by atoms with van der Waals surface area (Å²) < 4.78 is 37.1. The van der Waals surface area contributed by atoms with Crippen molar-refractivity contribution in [2.75, 3.05) is 39.5 Å². The number of ether oxygens (including phenoxy) is 2. The maximum Gasteiger partial charge on any atom is 0.338 e. The molecule has 9 heteroatoms. The molecule has 1 aromatic carbocycles. The van der Waals surface area contributed by atoms with Crippen LogP contribution in [0.4, 0.5) is 0 Å². The second kappa shape index (κ2) is 9.02. The number of likely N-dealkylation sites (tertiary alicyclic amines) is 1. The fourth-order valence-corrected chi connectivity index (χ4v) is 4.94. The van der Waals surface area contributed by atoms with E-state index in [-0.39, 0.29) is 42.1 Å². The molecule has 154 valence electrons. The summed E-state index contributed by atoms with van der Waals surface area (Å²) in [6.07, 6.45) is 2.99. The minimum atomic E-state index is -3.70. The van der Waals surface area contributed by atoms with Crippen molar-refractivity contribution in [3.8, 4) is 0 Å². The van der Waals surface area contributed by atoms with Crippen LogP contribution in [0, 0.1) is 0 Å². The molecule has 0 aliphatic carbocycles. The highest BCUT2D eigenvalue weighted by Gasteiger charge is 2.28. The molecule has 2 saturated heterocycles. The van der Waals surface area contributed by atoms with Crippen LogP contribution in [-0.4, -0.2) is 75.0 Å². The highest BCUT2D eigenvalue weighted by molar-refractivity contribution is 7.89. The molecular formula is C19H26N2O6S. The van der Waals surface area contributed by atoms with Gasteiger partial charge in [-0.2, -0.15) is 4.31 Å². The van der Waals surface area contributed by atoms with Gasteiger partial charge in [-0.25, -0.2) is 13.2 Å². The molecule has 0 spiro atoms. The van der Waals surface area contributed by atoms with Gasteiger partial charge in [0, 0.05) is 25.7 Å². The van der Waals surface area contributed by atoms with Crippen molar-refractivity contribution in [3.05, 3.63) is 29.8 Å². The van der Waals surface area contributed by atoms with Crippen LogP contribution in [0.25, 0.3) is 0 Å². The highest BCUT2D eigenvalue weighted by atomic mass is 32.2. The number of sulfonamides is 1. The van der Waals surface area contributed by atoms with Gasteiger partial charge in [-0.1, -0.05) is 6.07 Å². The third-order valence-electron chi connectivity index (χ3n) is 5.13. The predicted octanol–water partition coefficient (Wildman–Crippen LogP) is 1.27. The standard InChI is InChI=1S/C19H26N2O6S/c1-15-5-2-3-8-21(15)18(22)14-27-19(23)16-6-4-7-17(13-16)28(24,25)20-9-11-26-12-10-20/h4,6-7,13,15H,2-3,5,8-12,14H2,1H3. The van der Waals surface area contributed by atoms with Crippen LogP contribution in [0.5, 0.6) is 0 Å². The first-order chi connectivity index (χ1) is 13.4. The van der Waals surface area contributed by atoms with Crippen LogP contribution < -0.4 is 0 Å².